The number of carbonyl (C=O) groups excluding carboxylic acids is 2. The smallest absolute Gasteiger partial charge is 0.341 e. The molecule has 0 atom stereocenters. The van der Waals surface area contributed by atoms with Crippen LogP contribution in [-0.4, -0.2) is 25.2 Å². The highest BCUT2D eigenvalue weighted by Crippen LogP contribution is 2.41. The van der Waals surface area contributed by atoms with Crippen molar-refractivity contribution < 1.29 is 19.1 Å². The van der Waals surface area contributed by atoms with Crippen LogP contribution in [0.15, 0.2) is 24.3 Å². The Labute approximate surface area is 159 Å². The zero-order valence-corrected chi connectivity index (χ0v) is 16.0. The van der Waals surface area contributed by atoms with Crippen LogP contribution in [-0.2, 0) is 9.47 Å². The summed E-state index contributed by atoms with van der Waals surface area (Å²) in [5.74, 6) is -1.67. The third-order valence-electron chi connectivity index (χ3n) is 2.57. The molecule has 0 heterocycles. The van der Waals surface area contributed by atoms with E-state index in [9.17, 15) is 9.59 Å². The Morgan fingerprint density at radius 3 is 1.21 bits per heavy atom. The first-order valence-corrected chi connectivity index (χ1v) is 8.08. The van der Waals surface area contributed by atoms with Gasteiger partial charge < -0.3 is 9.47 Å². The summed E-state index contributed by atoms with van der Waals surface area (Å²) in [4.78, 5) is 24.2. The van der Waals surface area contributed by atoms with Crippen molar-refractivity contribution in [2.75, 3.05) is 13.2 Å². The molecule has 4 nitrogen and oxygen atoms in total. The maximum atomic E-state index is 12.1. The van der Waals surface area contributed by atoms with Gasteiger partial charge in [0.05, 0.1) is 31.2 Å². The van der Waals surface area contributed by atoms with Gasteiger partial charge in [-0.25, -0.2) is 9.59 Å². The number of esters is 2. The minimum Gasteiger partial charge on any atom is -0.458 e. The van der Waals surface area contributed by atoms with Crippen molar-refractivity contribution >= 4 is 58.3 Å². The van der Waals surface area contributed by atoms with Crippen LogP contribution in [0.2, 0.25) is 20.1 Å². The lowest BCUT2D eigenvalue weighted by Gasteiger charge is -2.14. The van der Waals surface area contributed by atoms with Gasteiger partial charge in [0.1, 0.15) is 13.2 Å². The second-order valence-electron chi connectivity index (χ2n) is 5.07. The van der Waals surface area contributed by atoms with Crippen molar-refractivity contribution in [2.24, 2.45) is 0 Å². The molecular formula is C16H14Cl4O4. The van der Waals surface area contributed by atoms with Crippen molar-refractivity contribution in [1.29, 1.82) is 0 Å². The predicted molar refractivity (Wildman–Crippen MR) is 96.7 cm³/mol. The molecule has 8 heteroatoms. The number of carbonyl (C=O) groups is 2. The molecule has 0 radical (unpaired) electrons. The van der Waals surface area contributed by atoms with E-state index in [0.29, 0.717) is 11.1 Å². The minimum atomic E-state index is -0.835. The van der Waals surface area contributed by atoms with Crippen LogP contribution < -0.4 is 0 Å². The summed E-state index contributed by atoms with van der Waals surface area (Å²) in [7, 11) is 0. The fraction of sp³-hybridized carbons (Fsp3) is 0.250. The van der Waals surface area contributed by atoms with Crippen molar-refractivity contribution in [2.45, 2.75) is 13.8 Å². The molecule has 0 saturated heterocycles. The first-order chi connectivity index (χ1) is 11.1. The van der Waals surface area contributed by atoms with Gasteiger partial charge in [-0.2, -0.15) is 0 Å². The number of rotatable bonds is 6. The van der Waals surface area contributed by atoms with E-state index in [1.165, 1.54) is 0 Å². The van der Waals surface area contributed by atoms with Gasteiger partial charge in [0, 0.05) is 0 Å². The first-order valence-electron chi connectivity index (χ1n) is 6.56. The Morgan fingerprint density at radius 1 is 0.750 bits per heavy atom. The van der Waals surface area contributed by atoms with E-state index in [1.54, 1.807) is 13.8 Å². The molecule has 130 valence electrons. The molecule has 0 fully saturated rings. The molecule has 0 unspecified atom stereocenters. The average Bonchev–Trinajstić information content (AvgIpc) is 2.49. The van der Waals surface area contributed by atoms with E-state index in [-0.39, 0.29) is 44.4 Å². The number of benzene rings is 1. The van der Waals surface area contributed by atoms with Crippen LogP contribution in [0.1, 0.15) is 34.6 Å². The van der Waals surface area contributed by atoms with Crippen LogP contribution >= 0.6 is 46.4 Å². The molecule has 0 aromatic heterocycles. The summed E-state index contributed by atoms with van der Waals surface area (Å²) in [6.07, 6.45) is 0. The van der Waals surface area contributed by atoms with Gasteiger partial charge in [0.25, 0.3) is 0 Å². The number of hydrogen-bond donors (Lipinski definition) is 0. The second kappa shape index (κ2) is 8.77. The topological polar surface area (TPSA) is 52.6 Å². The highest BCUT2D eigenvalue weighted by molar-refractivity contribution is 6.52. The lowest BCUT2D eigenvalue weighted by atomic mass is 10.1. The minimum absolute atomic E-state index is 0.0247. The average molecular weight is 412 g/mol. The Bertz CT molecular complexity index is 635. The largest absolute Gasteiger partial charge is 0.458 e. The van der Waals surface area contributed by atoms with Gasteiger partial charge in [-0.15, -0.1) is 0 Å². The summed E-state index contributed by atoms with van der Waals surface area (Å²) >= 11 is 24.3. The van der Waals surface area contributed by atoms with E-state index < -0.39 is 11.9 Å². The van der Waals surface area contributed by atoms with Gasteiger partial charge >= 0.3 is 11.9 Å². The maximum Gasteiger partial charge on any atom is 0.341 e. The maximum absolute atomic E-state index is 12.1. The Hall–Kier alpha value is -1.20. The quantitative estimate of drug-likeness (QED) is 0.339. The number of ether oxygens (including phenoxy) is 2. The molecule has 0 spiro atoms. The normalized spacial score (nSPS) is 10.2. The van der Waals surface area contributed by atoms with Crippen LogP contribution in [0.5, 0.6) is 0 Å². The molecule has 24 heavy (non-hydrogen) atoms. The highest BCUT2D eigenvalue weighted by atomic mass is 35.5. The summed E-state index contributed by atoms with van der Waals surface area (Å²) in [5, 5.41) is -1.000. The van der Waals surface area contributed by atoms with Crippen LogP contribution in [0.4, 0.5) is 0 Å². The molecule has 0 saturated carbocycles. The summed E-state index contributed by atoms with van der Waals surface area (Å²) in [6.45, 7) is 10.5. The third-order valence-corrected chi connectivity index (χ3v) is 4.28. The third kappa shape index (κ3) is 4.90. The van der Waals surface area contributed by atoms with Crippen molar-refractivity contribution in [3.8, 4) is 0 Å². The number of halogens is 4. The molecule has 1 rings (SSSR count). The Kier molecular flexibility index (Phi) is 7.61. The molecule has 0 aliphatic rings. The van der Waals surface area contributed by atoms with Crippen molar-refractivity contribution in [3.05, 3.63) is 55.5 Å². The molecule has 0 amide bonds. The summed E-state index contributed by atoms with van der Waals surface area (Å²) in [5.41, 5.74) is 0.776. The molecular weight excluding hydrogens is 398 g/mol. The first kappa shape index (κ1) is 20.8. The summed E-state index contributed by atoms with van der Waals surface area (Å²) < 4.78 is 9.98. The van der Waals surface area contributed by atoms with Crippen molar-refractivity contribution in [1.82, 2.24) is 0 Å². The number of hydrogen-bond acceptors (Lipinski definition) is 4. The predicted octanol–water partition coefficient (Wildman–Crippen LogP) is 5.77. The zero-order chi connectivity index (χ0) is 18.6. The molecule has 0 aliphatic heterocycles. The van der Waals surface area contributed by atoms with Gasteiger partial charge in [0.2, 0.25) is 0 Å². The fourth-order valence-corrected chi connectivity index (χ4v) is 2.67. The zero-order valence-electron chi connectivity index (χ0n) is 13.0. The monoisotopic (exact) mass is 410 g/mol. The van der Waals surface area contributed by atoms with Crippen LogP contribution in [0, 0.1) is 0 Å². The molecule has 0 N–H and O–H groups in total. The van der Waals surface area contributed by atoms with Crippen LogP contribution in [0.25, 0.3) is 0 Å². The SMILES string of the molecule is C=C(C)COC(=O)c1c(Cl)c(Cl)c(C(=O)OCC(=C)C)c(Cl)c1Cl. The Balaban J connectivity index is 3.30. The molecule has 1 aromatic carbocycles. The standard InChI is InChI=1S/C16H14Cl4O4/c1-7(2)5-23-15(21)9-11(17)13(19)10(14(20)12(9)18)16(22)24-6-8(3)4/h1,3,5-6H2,2,4H3. The van der Waals surface area contributed by atoms with Crippen molar-refractivity contribution in [3.63, 3.8) is 0 Å². The summed E-state index contributed by atoms with van der Waals surface area (Å²) in [6, 6.07) is 0. The molecule has 1 aromatic rings. The molecule has 0 bridgehead atoms. The van der Waals surface area contributed by atoms with Gasteiger partial charge in [0.15, 0.2) is 0 Å². The van der Waals surface area contributed by atoms with E-state index in [1.807, 2.05) is 0 Å². The lowest BCUT2D eigenvalue weighted by Crippen LogP contribution is -2.13. The highest BCUT2D eigenvalue weighted by Gasteiger charge is 2.29. The van der Waals surface area contributed by atoms with Gasteiger partial charge in [-0.3, -0.25) is 0 Å². The second-order valence-corrected chi connectivity index (χ2v) is 6.58. The fourth-order valence-electron chi connectivity index (χ4n) is 1.51. The van der Waals surface area contributed by atoms with E-state index in [0.717, 1.165) is 0 Å². The molecule has 0 aliphatic carbocycles. The lowest BCUT2D eigenvalue weighted by molar-refractivity contribution is 0.0527. The van der Waals surface area contributed by atoms with Gasteiger partial charge in [-0.05, 0) is 25.0 Å². The van der Waals surface area contributed by atoms with Gasteiger partial charge in [-0.1, -0.05) is 59.6 Å². The van der Waals surface area contributed by atoms with E-state index in [2.05, 4.69) is 13.2 Å². The van der Waals surface area contributed by atoms with E-state index in [4.69, 9.17) is 55.9 Å². The van der Waals surface area contributed by atoms with E-state index >= 15 is 0 Å². The Morgan fingerprint density at radius 2 is 1.00 bits per heavy atom. The van der Waals surface area contributed by atoms with Crippen LogP contribution in [0.3, 0.4) is 0 Å².